The highest BCUT2D eigenvalue weighted by atomic mass is 32.2. The molecule has 8 nitrogen and oxygen atoms in total. The molecule has 0 atom stereocenters. The van der Waals surface area contributed by atoms with Gasteiger partial charge in [0.15, 0.2) is 11.6 Å². The maximum Gasteiger partial charge on any atom is 0.260 e. The largest absolute Gasteiger partial charge is 0.389 e. The summed E-state index contributed by atoms with van der Waals surface area (Å²) >= 11 is 0. The van der Waals surface area contributed by atoms with Gasteiger partial charge in [0.25, 0.3) is 10.0 Å². The van der Waals surface area contributed by atoms with Crippen LogP contribution < -0.4 is 0 Å². The maximum atomic E-state index is 12.5. The van der Waals surface area contributed by atoms with Crippen molar-refractivity contribution in [1.82, 2.24) is 14.3 Å². The molecule has 0 unspecified atom stereocenters. The van der Waals surface area contributed by atoms with Gasteiger partial charge in [-0.05, 0) is 24.3 Å². The number of rotatable bonds is 5. The SMILES string of the molecule is N#Cc1ccnc(CON=C2CCN(S(=O)(=O)c3ccccn3)CC2)c1. The summed E-state index contributed by atoms with van der Waals surface area (Å²) in [6, 6.07) is 10.1. The molecule has 0 bridgehead atoms. The van der Waals surface area contributed by atoms with Gasteiger partial charge in [0.2, 0.25) is 0 Å². The molecular formula is C17H17N5O3S. The minimum atomic E-state index is -3.57. The fraction of sp³-hybridized carbons (Fsp3) is 0.294. The Labute approximate surface area is 151 Å². The summed E-state index contributed by atoms with van der Waals surface area (Å²) in [5.41, 5.74) is 1.93. The van der Waals surface area contributed by atoms with Crippen molar-refractivity contribution in [2.24, 2.45) is 5.16 Å². The number of hydrogen-bond acceptors (Lipinski definition) is 7. The summed E-state index contributed by atoms with van der Waals surface area (Å²) in [6.45, 7) is 0.835. The van der Waals surface area contributed by atoms with E-state index in [0.717, 1.165) is 5.71 Å². The lowest BCUT2D eigenvalue weighted by Gasteiger charge is -2.26. The number of piperidine rings is 1. The molecule has 1 saturated heterocycles. The molecule has 2 aromatic rings. The summed E-state index contributed by atoms with van der Waals surface area (Å²) in [6.07, 6.45) is 4.01. The lowest BCUT2D eigenvalue weighted by atomic mass is 10.1. The van der Waals surface area contributed by atoms with E-state index in [-0.39, 0.29) is 11.6 Å². The first kappa shape index (κ1) is 18.0. The molecule has 0 amide bonds. The van der Waals surface area contributed by atoms with Gasteiger partial charge >= 0.3 is 0 Å². The minimum Gasteiger partial charge on any atom is -0.389 e. The smallest absolute Gasteiger partial charge is 0.260 e. The normalized spacial score (nSPS) is 15.3. The average molecular weight is 371 g/mol. The van der Waals surface area contributed by atoms with E-state index in [4.69, 9.17) is 10.1 Å². The molecule has 0 aromatic carbocycles. The summed E-state index contributed by atoms with van der Waals surface area (Å²) in [5, 5.41) is 13.0. The van der Waals surface area contributed by atoms with Crippen molar-refractivity contribution in [3.8, 4) is 6.07 Å². The summed E-state index contributed by atoms with van der Waals surface area (Å²) in [4.78, 5) is 13.3. The van der Waals surface area contributed by atoms with E-state index in [1.165, 1.54) is 16.6 Å². The Kier molecular flexibility index (Phi) is 5.55. The molecule has 0 N–H and O–H groups in total. The third-order valence-corrected chi connectivity index (χ3v) is 5.71. The van der Waals surface area contributed by atoms with Crippen LogP contribution in [0.1, 0.15) is 24.1 Å². The van der Waals surface area contributed by atoms with Gasteiger partial charge in [-0.3, -0.25) is 4.98 Å². The van der Waals surface area contributed by atoms with Crippen LogP contribution in [0.5, 0.6) is 0 Å². The Balaban J connectivity index is 1.55. The molecule has 1 aliphatic rings. The van der Waals surface area contributed by atoms with Gasteiger partial charge in [-0.25, -0.2) is 13.4 Å². The van der Waals surface area contributed by atoms with Crippen molar-refractivity contribution in [2.75, 3.05) is 13.1 Å². The van der Waals surface area contributed by atoms with Gasteiger partial charge in [-0.1, -0.05) is 11.2 Å². The van der Waals surface area contributed by atoms with E-state index in [1.807, 2.05) is 6.07 Å². The third kappa shape index (κ3) is 4.22. The number of pyridine rings is 2. The highest BCUT2D eigenvalue weighted by molar-refractivity contribution is 7.89. The van der Waals surface area contributed by atoms with Crippen molar-refractivity contribution in [3.63, 3.8) is 0 Å². The van der Waals surface area contributed by atoms with E-state index < -0.39 is 10.0 Å². The molecule has 0 aliphatic carbocycles. The van der Waals surface area contributed by atoms with Gasteiger partial charge in [-0.15, -0.1) is 0 Å². The molecule has 3 heterocycles. The molecule has 2 aromatic heterocycles. The van der Waals surface area contributed by atoms with Crippen LogP contribution in [0.15, 0.2) is 52.9 Å². The first-order chi connectivity index (χ1) is 12.6. The van der Waals surface area contributed by atoms with Gasteiger partial charge in [0.1, 0.15) is 0 Å². The monoisotopic (exact) mass is 371 g/mol. The predicted molar refractivity (Wildman–Crippen MR) is 93.4 cm³/mol. The highest BCUT2D eigenvalue weighted by Crippen LogP contribution is 2.18. The summed E-state index contributed by atoms with van der Waals surface area (Å²) in [5.74, 6) is 0. The number of hydrogen-bond donors (Lipinski definition) is 0. The standard InChI is InChI=1S/C17H17N5O3S/c18-12-14-4-8-19-16(11-14)13-25-21-15-5-9-22(10-6-15)26(23,24)17-3-1-2-7-20-17/h1-4,7-8,11H,5-6,9-10,13H2. The van der Waals surface area contributed by atoms with Crippen molar-refractivity contribution in [1.29, 1.82) is 5.26 Å². The van der Waals surface area contributed by atoms with Gasteiger partial charge in [0.05, 0.1) is 23.0 Å². The van der Waals surface area contributed by atoms with Gasteiger partial charge in [0, 0.05) is 38.3 Å². The Hall–Kier alpha value is -2.83. The second kappa shape index (κ2) is 8.03. The summed E-state index contributed by atoms with van der Waals surface area (Å²) in [7, 11) is -3.57. The van der Waals surface area contributed by atoms with Crippen molar-refractivity contribution in [2.45, 2.75) is 24.5 Å². The van der Waals surface area contributed by atoms with E-state index in [2.05, 4.69) is 15.1 Å². The average Bonchev–Trinajstić information content (AvgIpc) is 2.69. The first-order valence-electron chi connectivity index (χ1n) is 8.03. The second-order valence-corrected chi connectivity index (χ2v) is 7.54. The number of aromatic nitrogens is 2. The van der Waals surface area contributed by atoms with Crippen LogP contribution in [0.25, 0.3) is 0 Å². The second-order valence-electron chi connectivity index (χ2n) is 5.65. The van der Waals surface area contributed by atoms with Crippen LogP contribution in [-0.2, 0) is 21.5 Å². The van der Waals surface area contributed by atoms with Crippen LogP contribution in [0.3, 0.4) is 0 Å². The van der Waals surface area contributed by atoms with Crippen LogP contribution in [-0.4, -0.2) is 41.5 Å². The number of sulfonamides is 1. The first-order valence-corrected chi connectivity index (χ1v) is 9.47. The van der Waals surface area contributed by atoms with E-state index in [0.29, 0.717) is 37.2 Å². The van der Waals surface area contributed by atoms with E-state index in [9.17, 15) is 8.42 Å². The minimum absolute atomic E-state index is 0.0556. The van der Waals surface area contributed by atoms with Gasteiger partial charge < -0.3 is 4.84 Å². The van der Waals surface area contributed by atoms with Crippen LogP contribution in [0.2, 0.25) is 0 Å². The lowest BCUT2D eigenvalue weighted by molar-refractivity contribution is 0.125. The third-order valence-electron chi connectivity index (χ3n) is 3.89. The van der Waals surface area contributed by atoms with E-state index >= 15 is 0 Å². The Bertz CT molecular complexity index is 928. The Morgan fingerprint density at radius 1 is 1.19 bits per heavy atom. The quantitative estimate of drug-likeness (QED) is 0.740. The Morgan fingerprint density at radius 2 is 2.00 bits per heavy atom. The molecule has 9 heteroatoms. The van der Waals surface area contributed by atoms with Crippen molar-refractivity contribution < 1.29 is 13.3 Å². The zero-order chi connectivity index (χ0) is 18.4. The zero-order valence-electron chi connectivity index (χ0n) is 13.9. The Morgan fingerprint density at radius 3 is 2.69 bits per heavy atom. The highest BCUT2D eigenvalue weighted by Gasteiger charge is 2.28. The molecule has 3 rings (SSSR count). The van der Waals surface area contributed by atoms with Crippen LogP contribution in [0, 0.1) is 11.3 Å². The molecule has 0 saturated carbocycles. The fourth-order valence-electron chi connectivity index (χ4n) is 2.52. The molecule has 1 aliphatic heterocycles. The lowest BCUT2D eigenvalue weighted by Crippen LogP contribution is -2.39. The zero-order valence-corrected chi connectivity index (χ0v) is 14.8. The summed E-state index contributed by atoms with van der Waals surface area (Å²) < 4.78 is 26.4. The number of nitrogens with zero attached hydrogens (tertiary/aromatic N) is 5. The van der Waals surface area contributed by atoms with Gasteiger partial charge in [-0.2, -0.15) is 9.57 Å². The topological polar surface area (TPSA) is 109 Å². The molecule has 0 radical (unpaired) electrons. The van der Waals surface area contributed by atoms with Crippen molar-refractivity contribution >= 4 is 15.7 Å². The molecule has 0 spiro atoms. The molecule has 26 heavy (non-hydrogen) atoms. The number of oxime groups is 1. The number of nitriles is 1. The van der Waals surface area contributed by atoms with Crippen LogP contribution >= 0.6 is 0 Å². The predicted octanol–water partition coefficient (Wildman–Crippen LogP) is 1.71. The molecular weight excluding hydrogens is 354 g/mol. The molecule has 1 fully saturated rings. The maximum absolute atomic E-state index is 12.5. The van der Waals surface area contributed by atoms with Crippen LogP contribution in [0.4, 0.5) is 0 Å². The molecule has 134 valence electrons. The fourth-order valence-corrected chi connectivity index (χ4v) is 3.90. The van der Waals surface area contributed by atoms with Crippen molar-refractivity contribution in [3.05, 3.63) is 54.0 Å². The van der Waals surface area contributed by atoms with E-state index in [1.54, 1.807) is 30.5 Å².